The molecule has 5 nitrogen and oxygen atoms in total. The molecule has 2 aromatic carbocycles. The standard InChI is InChI=1S/C18H19N3O2/c1-11-7-8-16(23-3)15(9-11)12(2)20-18(22)14-6-4-5-13-10-19-21-17(13)14/h4-10,12H,1-3H3,(H,19,21)(H,20,22). The highest BCUT2D eigenvalue weighted by molar-refractivity contribution is 6.05. The lowest BCUT2D eigenvalue weighted by molar-refractivity contribution is 0.0941. The maximum Gasteiger partial charge on any atom is 0.253 e. The van der Waals surface area contributed by atoms with Gasteiger partial charge in [-0.15, -0.1) is 0 Å². The van der Waals surface area contributed by atoms with Crippen molar-refractivity contribution < 1.29 is 9.53 Å². The number of para-hydroxylation sites is 1. The SMILES string of the molecule is COc1ccc(C)cc1C(C)NC(=O)c1cccc2cn[nH]c12. The normalized spacial score (nSPS) is 12.1. The van der Waals surface area contributed by atoms with Crippen molar-refractivity contribution in [1.29, 1.82) is 0 Å². The molecule has 23 heavy (non-hydrogen) atoms. The number of carbonyl (C=O) groups is 1. The van der Waals surface area contributed by atoms with Gasteiger partial charge in [0.2, 0.25) is 0 Å². The minimum atomic E-state index is -0.171. The smallest absolute Gasteiger partial charge is 0.253 e. The van der Waals surface area contributed by atoms with Crippen molar-refractivity contribution >= 4 is 16.8 Å². The van der Waals surface area contributed by atoms with Crippen LogP contribution in [0.25, 0.3) is 10.9 Å². The Kier molecular flexibility index (Phi) is 4.02. The Bertz CT molecular complexity index is 854. The van der Waals surface area contributed by atoms with Crippen molar-refractivity contribution in [3.05, 3.63) is 59.3 Å². The minimum absolute atomic E-state index is 0.143. The number of hydrogen-bond acceptors (Lipinski definition) is 3. The highest BCUT2D eigenvalue weighted by Gasteiger charge is 2.17. The average Bonchev–Trinajstić information content (AvgIpc) is 3.03. The Labute approximate surface area is 134 Å². The number of rotatable bonds is 4. The molecule has 0 aliphatic heterocycles. The Balaban J connectivity index is 1.88. The molecule has 3 aromatic rings. The summed E-state index contributed by atoms with van der Waals surface area (Å²) >= 11 is 0. The van der Waals surface area contributed by atoms with E-state index in [0.717, 1.165) is 27.8 Å². The number of ether oxygens (including phenoxy) is 1. The monoisotopic (exact) mass is 309 g/mol. The minimum Gasteiger partial charge on any atom is -0.496 e. The number of fused-ring (bicyclic) bond motifs is 1. The summed E-state index contributed by atoms with van der Waals surface area (Å²) in [5, 5.41) is 10.8. The van der Waals surface area contributed by atoms with Crippen LogP contribution >= 0.6 is 0 Å². The molecule has 0 bridgehead atoms. The second-order valence-corrected chi connectivity index (χ2v) is 5.58. The van der Waals surface area contributed by atoms with E-state index in [1.165, 1.54) is 0 Å². The van der Waals surface area contributed by atoms with Crippen LogP contribution in [-0.4, -0.2) is 23.2 Å². The molecule has 1 heterocycles. The van der Waals surface area contributed by atoms with E-state index < -0.39 is 0 Å². The molecule has 0 aliphatic rings. The van der Waals surface area contributed by atoms with Crippen molar-refractivity contribution in [1.82, 2.24) is 15.5 Å². The second-order valence-electron chi connectivity index (χ2n) is 5.58. The number of carbonyl (C=O) groups excluding carboxylic acids is 1. The summed E-state index contributed by atoms with van der Waals surface area (Å²) in [4.78, 5) is 12.6. The van der Waals surface area contributed by atoms with Crippen LogP contribution in [0.3, 0.4) is 0 Å². The summed E-state index contributed by atoms with van der Waals surface area (Å²) in [5.41, 5.74) is 3.40. The van der Waals surface area contributed by atoms with E-state index in [4.69, 9.17) is 4.74 Å². The highest BCUT2D eigenvalue weighted by atomic mass is 16.5. The molecule has 118 valence electrons. The van der Waals surface area contributed by atoms with Crippen molar-refractivity contribution in [2.24, 2.45) is 0 Å². The topological polar surface area (TPSA) is 67.0 Å². The second kappa shape index (κ2) is 6.12. The molecule has 5 heteroatoms. The molecule has 0 radical (unpaired) electrons. The number of aromatic amines is 1. The van der Waals surface area contributed by atoms with Gasteiger partial charge in [-0.25, -0.2) is 0 Å². The van der Waals surface area contributed by atoms with Gasteiger partial charge in [0.25, 0.3) is 5.91 Å². The molecule has 0 aliphatic carbocycles. The first kappa shape index (κ1) is 15.1. The molecule has 2 N–H and O–H groups in total. The van der Waals surface area contributed by atoms with Crippen molar-refractivity contribution in [3.8, 4) is 5.75 Å². The summed E-state index contributed by atoms with van der Waals surface area (Å²) in [6, 6.07) is 11.3. The summed E-state index contributed by atoms with van der Waals surface area (Å²) in [7, 11) is 1.63. The first-order chi connectivity index (χ1) is 11.1. The van der Waals surface area contributed by atoms with Gasteiger partial charge in [0, 0.05) is 10.9 Å². The van der Waals surface area contributed by atoms with Gasteiger partial charge >= 0.3 is 0 Å². The number of aryl methyl sites for hydroxylation is 1. The van der Waals surface area contributed by atoms with Crippen molar-refractivity contribution in [2.75, 3.05) is 7.11 Å². The zero-order chi connectivity index (χ0) is 16.4. The number of aromatic nitrogens is 2. The number of nitrogens with one attached hydrogen (secondary N) is 2. The maximum absolute atomic E-state index is 12.6. The maximum atomic E-state index is 12.6. The van der Waals surface area contributed by atoms with Crippen LogP contribution in [0, 0.1) is 6.92 Å². The number of benzene rings is 2. The van der Waals surface area contributed by atoms with Crippen LogP contribution in [0.4, 0.5) is 0 Å². The molecule has 1 aromatic heterocycles. The summed E-state index contributed by atoms with van der Waals surface area (Å²) in [6.45, 7) is 3.96. The third-order valence-electron chi connectivity index (χ3n) is 3.92. The molecular formula is C18H19N3O2. The third kappa shape index (κ3) is 2.90. The lowest BCUT2D eigenvalue weighted by Crippen LogP contribution is -2.27. The average molecular weight is 309 g/mol. The molecule has 1 atom stereocenters. The quantitative estimate of drug-likeness (QED) is 0.776. The zero-order valence-corrected chi connectivity index (χ0v) is 13.4. The molecule has 1 unspecified atom stereocenters. The van der Waals surface area contributed by atoms with Gasteiger partial charge in [0.1, 0.15) is 5.75 Å². The van der Waals surface area contributed by atoms with E-state index in [1.54, 1.807) is 19.4 Å². The number of methoxy groups -OCH3 is 1. The fourth-order valence-electron chi connectivity index (χ4n) is 2.70. The first-order valence-electron chi connectivity index (χ1n) is 7.47. The van der Waals surface area contributed by atoms with Crippen LogP contribution in [0.1, 0.15) is 34.5 Å². The van der Waals surface area contributed by atoms with E-state index in [9.17, 15) is 4.79 Å². The predicted molar refractivity (Wildman–Crippen MR) is 89.7 cm³/mol. The molecule has 0 saturated carbocycles. The zero-order valence-electron chi connectivity index (χ0n) is 13.4. The van der Waals surface area contributed by atoms with E-state index in [2.05, 4.69) is 15.5 Å². The van der Waals surface area contributed by atoms with Crippen LogP contribution in [0.15, 0.2) is 42.6 Å². The number of H-pyrrole nitrogens is 1. The lowest BCUT2D eigenvalue weighted by atomic mass is 10.0. The molecule has 0 spiro atoms. The van der Waals surface area contributed by atoms with Gasteiger partial charge in [-0.3, -0.25) is 9.89 Å². The van der Waals surface area contributed by atoms with E-state index in [1.807, 2.05) is 44.2 Å². The number of amides is 1. The van der Waals surface area contributed by atoms with Crippen molar-refractivity contribution in [3.63, 3.8) is 0 Å². The first-order valence-corrected chi connectivity index (χ1v) is 7.47. The van der Waals surface area contributed by atoms with Crippen molar-refractivity contribution in [2.45, 2.75) is 19.9 Å². The number of hydrogen-bond donors (Lipinski definition) is 2. The predicted octanol–water partition coefficient (Wildman–Crippen LogP) is 3.37. The molecule has 0 saturated heterocycles. The van der Waals surface area contributed by atoms with Gasteiger partial charge in [-0.1, -0.05) is 29.8 Å². The van der Waals surface area contributed by atoms with Crippen LogP contribution in [0.2, 0.25) is 0 Å². The Morgan fingerprint density at radius 3 is 2.91 bits per heavy atom. The number of nitrogens with zero attached hydrogens (tertiary/aromatic N) is 1. The van der Waals surface area contributed by atoms with Gasteiger partial charge in [0.05, 0.1) is 30.4 Å². The lowest BCUT2D eigenvalue weighted by Gasteiger charge is -2.18. The van der Waals surface area contributed by atoms with Gasteiger partial charge in [0.15, 0.2) is 0 Å². The Hall–Kier alpha value is -2.82. The van der Waals surface area contributed by atoms with Crippen LogP contribution in [0.5, 0.6) is 5.75 Å². The summed E-state index contributed by atoms with van der Waals surface area (Å²) < 4.78 is 5.40. The fourth-order valence-corrected chi connectivity index (χ4v) is 2.70. The molecule has 1 amide bonds. The van der Waals surface area contributed by atoms with Gasteiger partial charge in [-0.05, 0) is 26.0 Å². The van der Waals surface area contributed by atoms with Crippen LogP contribution < -0.4 is 10.1 Å². The van der Waals surface area contributed by atoms with E-state index >= 15 is 0 Å². The summed E-state index contributed by atoms with van der Waals surface area (Å²) in [5.74, 6) is 0.624. The Morgan fingerprint density at radius 1 is 1.30 bits per heavy atom. The molecule has 0 fully saturated rings. The van der Waals surface area contributed by atoms with E-state index in [0.29, 0.717) is 5.56 Å². The molecular weight excluding hydrogens is 290 g/mol. The fraction of sp³-hybridized carbons (Fsp3) is 0.222. The molecule has 3 rings (SSSR count). The summed E-state index contributed by atoms with van der Waals surface area (Å²) in [6.07, 6.45) is 1.71. The Morgan fingerprint density at radius 2 is 2.13 bits per heavy atom. The highest BCUT2D eigenvalue weighted by Crippen LogP contribution is 2.26. The van der Waals surface area contributed by atoms with Gasteiger partial charge in [-0.2, -0.15) is 5.10 Å². The largest absolute Gasteiger partial charge is 0.496 e. The van der Waals surface area contributed by atoms with Crippen LogP contribution in [-0.2, 0) is 0 Å². The van der Waals surface area contributed by atoms with E-state index in [-0.39, 0.29) is 11.9 Å². The third-order valence-corrected chi connectivity index (χ3v) is 3.92. The van der Waals surface area contributed by atoms with Gasteiger partial charge < -0.3 is 10.1 Å².